The number of rotatable bonds is 10. The summed E-state index contributed by atoms with van der Waals surface area (Å²) in [5.41, 5.74) is 0. The van der Waals surface area contributed by atoms with Crippen LogP contribution in [0.1, 0.15) is 50.1 Å². The van der Waals surface area contributed by atoms with Crippen LogP contribution in [-0.4, -0.2) is 40.7 Å². The van der Waals surface area contributed by atoms with E-state index in [1.807, 2.05) is 4.90 Å². The summed E-state index contributed by atoms with van der Waals surface area (Å²) < 4.78 is 5.13. The van der Waals surface area contributed by atoms with E-state index in [1.54, 1.807) is 6.07 Å². The molecule has 0 bridgehead atoms. The largest absolute Gasteiger partial charge is 0.475 e. The Morgan fingerprint density at radius 1 is 1.19 bits per heavy atom. The topological polar surface area (TPSA) is 70.8 Å². The van der Waals surface area contributed by atoms with E-state index in [-0.39, 0.29) is 17.4 Å². The summed E-state index contributed by atoms with van der Waals surface area (Å²) in [6, 6.07) is 2.99. The second kappa shape index (κ2) is 9.50. The molecule has 1 heterocycles. The van der Waals surface area contributed by atoms with Gasteiger partial charge in [-0.25, -0.2) is 4.79 Å². The first-order valence-corrected chi connectivity index (χ1v) is 8.30. The molecule has 0 spiro atoms. The van der Waals surface area contributed by atoms with Gasteiger partial charge in [-0.3, -0.25) is 4.79 Å². The molecule has 0 atom stereocenters. The summed E-state index contributed by atoms with van der Waals surface area (Å²) in [5, 5.41) is 9.24. The van der Waals surface area contributed by atoms with Crippen molar-refractivity contribution < 1.29 is 19.1 Å². The molecule has 0 saturated heterocycles. The molecule has 0 fully saturated rings. The Morgan fingerprint density at radius 2 is 1.81 bits per heavy atom. The summed E-state index contributed by atoms with van der Waals surface area (Å²) in [6.45, 7) is 5.78. The van der Waals surface area contributed by atoms with Gasteiger partial charge in [-0.05, 0) is 25.0 Å². The summed E-state index contributed by atoms with van der Waals surface area (Å²) in [6.07, 6.45) is 4.13. The van der Waals surface area contributed by atoms with E-state index in [2.05, 4.69) is 13.8 Å². The van der Waals surface area contributed by atoms with Gasteiger partial charge in [0.05, 0.1) is 5.75 Å². The number of hydrogen-bond donors (Lipinski definition) is 1. The average molecular weight is 313 g/mol. The van der Waals surface area contributed by atoms with Crippen molar-refractivity contribution in [3.05, 3.63) is 17.9 Å². The molecule has 5 nitrogen and oxygen atoms in total. The molecule has 0 aromatic carbocycles. The number of aromatic carboxylic acids is 1. The highest BCUT2D eigenvalue weighted by Gasteiger charge is 2.15. The van der Waals surface area contributed by atoms with Crippen molar-refractivity contribution in [1.82, 2.24) is 4.90 Å². The van der Waals surface area contributed by atoms with E-state index in [9.17, 15) is 9.59 Å². The van der Waals surface area contributed by atoms with E-state index >= 15 is 0 Å². The summed E-state index contributed by atoms with van der Waals surface area (Å²) in [7, 11) is 0. The Bertz CT molecular complexity index is 450. The summed E-state index contributed by atoms with van der Waals surface area (Å²) >= 11 is 1.24. The van der Waals surface area contributed by atoms with E-state index in [1.165, 1.54) is 17.8 Å². The summed E-state index contributed by atoms with van der Waals surface area (Å²) in [4.78, 5) is 24.8. The molecule has 1 rings (SSSR count). The highest BCUT2D eigenvalue weighted by molar-refractivity contribution is 7.99. The van der Waals surface area contributed by atoms with Crippen LogP contribution in [0.4, 0.5) is 0 Å². The lowest BCUT2D eigenvalue weighted by Gasteiger charge is -2.22. The second-order valence-corrected chi connectivity index (χ2v) is 5.78. The maximum atomic E-state index is 12.2. The van der Waals surface area contributed by atoms with Crippen molar-refractivity contribution in [3.63, 3.8) is 0 Å². The van der Waals surface area contributed by atoms with Crippen LogP contribution in [0.5, 0.6) is 0 Å². The lowest BCUT2D eigenvalue weighted by atomic mass is 10.2. The minimum absolute atomic E-state index is 0.0789. The predicted molar refractivity (Wildman–Crippen MR) is 82.8 cm³/mol. The third-order valence-electron chi connectivity index (χ3n) is 3.05. The number of furan rings is 1. The highest BCUT2D eigenvalue weighted by atomic mass is 32.2. The van der Waals surface area contributed by atoms with Gasteiger partial charge in [-0.1, -0.05) is 38.5 Å². The lowest BCUT2D eigenvalue weighted by Crippen LogP contribution is -2.34. The Hall–Kier alpha value is -1.43. The zero-order valence-corrected chi connectivity index (χ0v) is 13.4. The second-order valence-electron chi connectivity index (χ2n) is 4.80. The van der Waals surface area contributed by atoms with Gasteiger partial charge < -0.3 is 14.4 Å². The number of carbonyl (C=O) groups is 2. The van der Waals surface area contributed by atoms with Crippen LogP contribution in [0.2, 0.25) is 0 Å². The maximum Gasteiger partial charge on any atom is 0.371 e. The number of carbonyl (C=O) groups excluding carboxylic acids is 1. The number of unbranched alkanes of at least 4 members (excludes halogenated alkanes) is 2. The zero-order valence-electron chi connectivity index (χ0n) is 12.6. The van der Waals surface area contributed by atoms with E-state index in [0.717, 1.165) is 38.8 Å². The minimum atomic E-state index is -1.10. The third kappa shape index (κ3) is 6.25. The van der Waals surface area contributed by atoms with Crippen LogP contribution in [0.3, 0.4) is 0 Å². The molecule has 118 valence electrons. The number of thioether (sulfide) groups is 1. The maximum absolute atomic E-state index is 12.2. The number of carboxylic acid groups (broad SMARTS) is 1. The Labute approximate surface area is 129 Å². The fraction of sp³-hybridized carbons (Fsp3) is 0.600. The van der Waals surface area contributed by atoms with Crippen molar-refractivity contribution in [2.45, 2.75) is 44.6 Å². The van der Waals surface area contributed by atoms with Crippen LogP contribution in [0, 0.1) is 0 Å². The number of nitrogens with zero attached hydrogens (tertiary/aromatic N) is 1. The molecule has 0 unspecified atom stereocenters. The van der Waals surface area contributed by atoms with Crippen molar-refractivity contribution in [2.24, 2.45) is 0 Å². The molecule has 0 aliphatic rings. The molecule has 0 aliphatic heterocycles. The molecule has 0 aliphatic carbocycles. The van der Waals surface area contributed by atoms with Crippen LogP contribution >= 0.6 is 11.8 Å². The normalized spacial score (nSPS) is 10.6. The molecular formula is C15H23NO4S. The fourth-order valence-corrected chi connectivity index (χ4v) is 2.56. The first-order chi connectivity index (χ1) is 10.1. The molecule has 0 saturated carbocycles. The monoisotopic (exact) mass is 313 g/mol. The van der Waals surface area contributed by atoms with Crippen molar-refractivity contribution >= 4 is 23.6 Å². The predicted octanol–water partition coefficient (Wildman–Crippen LogP) is 3.50. The fourth-order valence-electron chi connectivity index (χ4n) is 1.80. The van der Waals surface area contributed by atoms with Gasteiger partial charge in [-0.15, -0.1) is 0 Å². The molecule has 21 heavy (non-hydrogen) atoms. The number of hydrogen-bond acceptors (Lipinski definition) is 4. The highest BCUT2D eigenvalue weighted by Crippen LogP contribution is 2.21. The van der Waals surface area contributed by atoms with Gasteiger partial charge in [0, 0.05) is 13.1 Å². The van der Waals surface area contributed by atoms with Gasteiger partial charge in [-0.2, -0.15) is 0 Å². The van der Waals surface area contributed by atoms with Crippen molar-refractivity contribution in [1.29, 1.82) is 0 Å². The first kappa shape index (κ1) is 17.6. The van der Waals surface area contributed by atoms with Crippen LogP contribution in [0.15, 0.2) is 21.6 Å². The van der Waals surface area contributed by atoms with Crippen LogP contribution < -0.4 is 0 Å². The molecular weight excluding hydrogens is 290 g/mol. The van der Waals surface area contributed by atoms with Gasteiger partial charge >= 0.3 is 5.97 Å². The van der Waals surface area contributed by atoms with E-state index in [4.69, 9.17) is 9.52 Å². The van der Waals surface area contributed by atoms with Crippen LogP contribution in [-0.2, 0) is 4.79 Å². The quantitative estimate of drug-likeness (QED) is 0.669. The first-order valence-electron chi connectivity index (χ1n) is 7.32. The Morgan fingerprint density at radius 3 is 2.29 bits per heavy atom. The van der Waals surface area contributed by atoms with Gasteiger partial charge in [0.1, 0.15) is 0 Å². The van der Waals surface area contributed by atoms with Gasteiger partial charge in [0.2, 0.25) is 11.7 Å². The molecule has 1 amide bonds. The smallest absolute Gasteiger partial charge is 0.371 e. The van der Waals surface area contributed by atoms with Crippen LogP contribution in [0.25, 0.3) is 0 Å². The number of amides is 1. The van der Waals surface area contributed by atoms with Gasteiger partial charge in [0.15, 0.2) is 5.09 Å². The molecule has 1 N–H and O–H groups in total. The zero-order chi connectivity index (χ0) is 15.7. The third-order valence-corrected chi connectivity index (χ3v) is 3.94. The molecule has 0 radical (unpaired) electrons. The van der Waals surface area contributed by atoms with Gasteiger partial charge in [0.25, 0.3) is 0 Å². The molecule has 6 heteroatoms. The van der Waals surface area contributed by atoms with E-state index < -0.39 is 5.97 Å². The average Bonchev–Trinajstić information content (AvgIpc) is 2.94. The molecule has 1 aromatic rings. The molecule has 1 aromatic heterocycles. The van der Waals surface area contributed by atoms with Crippen molar-refractivity contribution in [3.8, 4) is 0 Å². The van der Waals surface area contributed by atoms with Crippen molar-refractivity contribution in [2.75, 3.05) is 18.8 Å². The minimum Gasteiger partial charge on any atom is -0.475 e. The Balaban J connectivity index is 2.48. The standard InChI is InChI=1S/C15H23NO4S/c1-3-5-9-16(10-6-4-2)13(17)11-21-14-8-7-12(20-14)15(18)19/h7-8H,3-6,9-11H2,1-2H3,(H,18,19). The SMILES string of the molecule is CCCCN(CCCC)C(=O)CSc1ccc(C(=O)O)o1. The lowest BCUT2D eigenvalue weighted by molar-refractivity contribution is -0.128. The Kier molecular flexibility index (Phi) is 7.97. The number of carboxylic acids is 1. The van der Waals surface area contributed by atoms with E-state index in [0.29, 0.717) is 5.09 Å². The summed E-state index contributed by atoms with van der Waals surface area (Å²) in [5.74, 6) is -0.838.